The van der Waals surface area contributed by atoms with Crippen LogP contribution in [0.25, 0.3) is 0 Å². The number of rotatable bonds is 3. The maximum atomic E-state index is 6.14. The first-order valence-corrected chi connectivity index (χ1v) is 6.32. The normalized spacial score (nSPS) is 10.4. The number of anilines is 3. The van der Waals surface area contributed by atoms with Gasteiger partial charge in [-0.15, -0.1) is 0 Å². The molecule has 2 rings (SSSR count). The smallest absolute Gasteiger partial charge is 0.0644 e. The predicted molar refractivity (Wildman–Crippen MR) is 79.5 cm³/mol. The molecule has 0 radical (unpaired) electrons. The number of aryl methyl sites for hydroxylation is 2. The fourth-order valence-corrected chi connectivity index (χ4v) is 2.26. The Labute approximate surface area is 109 Å². The van der Waals surface area contributed by atoms with Gasteiger partial charge >= 0.3 is 0 Å². The summed E-state index contributed by atoms with van der Waals surface area (Å²) in [6.45, 7) is 7.23. The van der Waals surface area contributed by atoms with E-state index in [0.717, 1.165) is 17.9 Å². The summed E-state index contributed by atoms with van der Waals surface area (Å²) in [5, 5.41) is 0. The van der Waals surface area contributed by atoms with Crippen LogP contribution >= 0.6 is 0 Å². The van der Waals surface area contributed by atoms with Crippen LogP contribution in [0.1, 0.15) is 18.1 Å². The molecule has 0 unspecified atom stereocenters. The summed E-state index contributed by atoms with van der Waals surface area (Å²) in [6.07, 6.45) is 0. The molecule has 0 atom stereocenters. The van der Waals surface area contributed by atoms with Crippen molar-refractivity contribution in [3.63, 3.8) is 0 Å². The molecule has 0 heterocycles. The first kappa shape index (κ1) is 12.5. The van der Waals surface area contributed by atoms with Crippen molar-refractivity contribution in [2.45, 2.75) is 20.8 Å². The number of hydrogen-bond acceptors (Lipinski definition) is 2. The summed E-state index contributed by atoms with van der Waals surface area (Å²) < 4.78 is 0. The van der Waals surface area contributed by atoms with E-state index in [1.165, 1.54) is 16.8 Å². The van der Waals surface area contributed by atoms with Gasteiger partial charge in [0.2, 0.25) is 0 Å². The van der Waals surface area contributed by atoms with Crippen LogP contribution in [0.3, 0.4) is 0 Å². The zero-order valence-corrected chi connectivity index (χ0v) is 11.3. The van der Waals surface area contributed by atoms with E-state index in [9.17, 15) is 0 Å². The lowest BCUT2D eigenvalue weighted by atomic mass is 10.1. The Balaban J connectivity index is 2.49. The third kappa shape index (κ3) is 2.33. The van der Waals surface area contributed by atoms with Gasteiger partial charge in [0.25, 0.3) is 0 Å². The van der Waals surface area contributed by atoms with Crippen LogP contribution in [-0.2, 0) is 0 Å². The van der Waals surface area contributed by atoms with Crippen LogP contribution in [0.2, 0.25) is 0 Å². The van der Waals surface area contributed by atoms with E-state index >= 15 is 0 Å². The van der Waals surface area contributed by atoms with Crippen LogP contribution in [0.4, 0.5) is 17.1 Å². The molecule has 0 aromatic heterocycles. The third-order valence-corrected chi connectivity index (χ3v) is 3.20. The van der Waals surface area contributed by atoms with Crippen LogP contribution in [0.5, 0.6) is 0 Å². The van der Waals surface area contributed by atoms with Gasteiger partial charge in [-0.2, -0.15) is 0 Å². The quantitative estimate of drug-likeness (QED) is 0.820. The van der Waals surface area contributed by atoms with Crippen molar-refractivity contribution >= 4 is 17.1 Å². The monoisotopic (exact) mass is 240 g/mol. The first-order chi connectivity index (χ1) is 8.63. The summed E-state index contributed by atoms with van der Waals surface area (Å²) in [5.74, 6) is 0. The molecule has 2 aromatic carbocycles. The molecule has 0 fully saturated rings. The molecule has 2 heteroatoms. The van der Waals surface area contributed by atoms with Crippen molar-refractivity contribution in [2.24, 2.45) is 0 Å². The minimum absolute atomic E-state index is 0.833. The molecule has 0 spiro atoms. The number of nitrogen functional groups attached to an aromatic ring is 1. The van der Waals surface area contributed by atoms with Crippen LogP contribution in [-0.4, -0.2) is 6.54 Å². The van der Waals surface area contributed by atoms with Crippen molar-refractivity contribution < 1.29 is 0 Å². The van der Waals surface area contributed by atoms with E-state index in [2.05, 4.69) is 62.1 Å². The number of nitrogens with zero attached hydrogens (tertiary/aromatic N) is 1. The lowest BCUT2D eigenvalue weighted by Crippen LogP contribution is -2.18. The highest BCUT2D eigenvalue weighted by molar-refractivity contribution is 5.76. The maximum Gasteiger partial charge on any atom is 0.0644 e. The van der Waals surface area contributed by atoms with E-state index < -0.39 is 0 Å². The molecule has 94 valence electrons. The molecule has 0 bridgehead atoms. The Morgan fingerprint density at radius 2 is 1.72 bits per heavy atom. The number of para-hydroxylation sites is 1. The van der Waals surface area contributed by atoms with Gasteiger partial charge in [-0.25, -0.2) is 0 Å². The lowest BCUT2D eigenvalue weighted by molar-refractivity contribution is 1.02. The predicted octanol–water partition coefficient (Wildman–Crippen LogP) is 4.04. The maximum absolute atomic E-state index is 6.14. The second-order valence-corrected chi connectivity index (χ2v) is 4.59. The first-order valence-electron chi connectivity index (χ1n) is 6.32. The van der Waals surface area contributed by atoms with E-state index in [4.69, 9.17) is 5.73 Å². The topological polar surface area (TPSA) is 29.3 Å². The Morgan fingerprint density at radius 1 is 1.00 bits per heavy atom. The van der Waals surface area contributed by atoms with Crippen molar-refractivity contribution in [1.29, 1.82) is 0 Å². The molecular formula is C16H20N2. The second-order valence-electron chi connectivity index (χ2n) is 4.59. The van der Waals surface area contributed by atoms with E-state index in [1.807, 2.05) is 6.07 Å². The van der Waals surface area contributed by atoms with Gasteiger partial charge in [-0.3, -0.25) is 0 Å². The number of nitrogens with two attached hydrogens (primary N) is 1. The fraction of sp³-hybridized carbons (Fsp3) is 0.250. The van der Waals surface area contributed by atoms with Gasteiger partial charge in [-0.1, -0.05) is 24.3 Å². The van der Waals surface area contributed by atoms with Gasteiger partial charge in [-0.05, 0) is 50.1 Å². The van der Waals surface area contributed by atoms with Crippen LogP contribution < -0.4 is 10.6 Å². The summed E-state index contributed by atoms with van der Waals surface area (Å²) in [5.41, 5.74) is 11.7. The highest BCUT2D eigenvalue weighted by Crippen LogP contribution is 2.32. The molecule has 0 saturated heterocycles. The van der Waals surface area contributed by atoms with E-state index in [0.29, 0.717) is 0 Å². The Morgan fingerprint density at radius 3 is 2.33 bits per heavy atom. The fourth-order valence-electron chi connectivity index (χ4n) is 2.26. The summed E-state index contributed by atoms with van der Waals surface area (Å²) >= 11 is 0. The van der Waals surface area contributed by atoms with Gasteiger partial charge in [0.1, 0.15) is 0 Å². The van der Waals surface area contributed by atoms with Crippen molar-refractivity contribution in [2.75, 3.05) is 17.2 Å². The molecule has 0 aliphatic heterocycles. The molecule has 0 saturated carbocycles. The molecule has 0 amide bonds. The zero-order chi connectivity index (χ0) is 13.1. The van der Waals surface area contributed by atoms with E-state index in [1.54, 1.807) is 0 Å². The average molecular weight is 240 g/mol. The molecule has 18 heavy (non-hydrogen) atoms. The molecule has 0 aliphatic carbocycles. The highest BCUT2D eigenvalue weighted by Gasteiger charge is 2.11. The second kappa shape index (κ2) is 5.13. The molecule has 2 N–H and O–H groups in total. The minimum Gasteiger partial charge on any atom is -0.397 e. The van der Waals surface area contributed by atoms with Crippen molar-refractivity contribution in [3.05, 3.63) is 53.6 Å². The zero-order valence-electron chi connectivity index (χ0n) is 11.3. The molecule has 2 aromatic rings. The van der Waals surface area contributed by atoms with Crippen molar-refractivity contribution in [3.8, 4) is 0 Å². The Hall–Kier alpha value is -1.96. The number of benzene rings is 2. The molecular weight excluding hydrogens is 220 g/mol. The minimum atomic E-state index is 0.833. The summed E-state index contributed by atoms with van der Waals surface area (Å²) in [4.78, 5) is 2.25. The SMILES string of the molecule is CCN(c1ccccc1C)c1ccc(C)cc1N. The third-order valence-electron chi connectivity index (χ3n) is 3.20. The Bertz CT molecular complexity index is 547. The van der Waals surface area contributed by atoms with Gasteiger partial charge in [0.05, 0.1) is 11.4 Å². The van der Waals surface area contributed by atoms with Crippen LogP contribution in [0, 0.1) is 13.8 Å². The average Bonchev–Trinajstić information content (AvgIpc) is 2.34. The number of hydrogen-bond donors (Lipinski definition) is 1. The highest BCUT2D eigenvalue weighted by atomic mass is 15.1. The van der Waals surface area contributed by atoms with E-state index in [-0.39, 0.29) is 0 Å². The Kier molecular flexibility index (Phi) is 3.56. The molecule has 2 nitrogen and oxygen atoms in total. The summed E-state index contributed by atoms with van der Waals surface area (Å²) in [7, 11) is 0. The van der Waals surface area contributed by atoms with Gasteiger partial charge in [0.15, 0.2) is 0 Å². The standard InChI is InChI=1S/C16H20N2/c1-4-18(15-8-6-5-7-13(15)3)16-10-9-12(2)11-14(16)17/h5-11H,4,17H2,1-3H3. The lowest BCUT2D eigenvalue weighted by Gasteiger charge is -2.26. The summed E-state index contributed by atoms with van der Waals surface area (Å²) in [6, 6.07) is 14.6. The van der Waals surface area contributed by atoms with Crippen molar-refractivity contribution in [1.82, 2.24) is 0 Å². The van der Waals surface area contributed by atoms with Crippen LogP contribution in [0.15, 0.2) is 42.5 Å². The van der Waals surface area contributed by atoms with Gasteiger partial charge < -0.3 is 10.6 Å². The molecule has 0 aliphatic rings. The van der Waals surface area contributed by atoms with Gasteiger partial charge in [0, 0.05) is 12.2 Å². The largest absolute Gasteiger partial charge is 0.397 e.